The fraction of sp³-hybridized carbons (Fsp3) is 0.348. The predicted molar refractivity (Wildman–Crippen MR) is 108 cm³/mol. The second-order valence-electron chi connectivity index (χ2n) is 7.49. The molecular weight excluding hydrogens is 368 g/mol. The number of amides is 3. The Bertz CT molecular complexity index is 954. The average molecular weight is 392 g/mol. The van der Waals surface area contributed by atoms with Crippen molar-refractivity contribution >= 4 is 17.7 Å². The van der Waals surface area contributed by atoms with Gasteiger partial charge in [-0.15, -0.1) is 0 Å². The summed E-state index contributed by atoms with van der Waals surface area (Å²) in [5.41, 5.74) is 2.87. The molecule has 2 aromatic carbocycles. The summed E-state index contributed by atoms with van der Waals surface area (Å²) < 4.78 is 5.88. The van der Waals surface area contributed by atoms with Crippen LogP contribution in [0.4, 0.5) is 0 Å². The molecule has 0 saturated carbocycles. The van der Waals surface area contributed by atoms with Crippen molar-refractivity contribution in [1.82, 2.24) is 10.2 Å². The lowest BCUT2D eigenvalue weighted by Gasteiger charge is -2.26. The third-order valence-electron chi connectivity index (χ3n) is 5.40. The lowest BCUT2D eigenvalue weighted by atomic mass is 9.99. The molecule has 1 saturated heterocycles. The van der Waals surface area contributed by atoms with E-state index in [1.165, 1.54) is 0 Å². The highest BCUT2D eigenvalue weighted by molar-refractivity contribution is 6.22. The van der Waals surface area contributed by atoms with Gasteiger partial charge < -0.3 is 9.64 Å². The van der Waals surface area contributed by atoms with Gasteiger partial charge in [0.25, 0.3) is 11.8 Å². The van der Waals surface area contributed by atoms with Gasteiger partial charge in [-0.25, -0.2) is 0 Å². The molecule has 150 valence electrons. The van der Waals surface area contributed by atoms with Crippen LogP contribution in [0, 0.1) is 0 Å². The van der Waals surface area contributed by atoms with Gasteiger partial charge in [0.1, 0.15) is 5.75 Å². The van der Waals surface area contributed by atoms with Crippen molar-refractivity contribution in [2.75, 3.05) is 13.2 Å². The van der Waals surface area contributed by atoms with Gasteiger partial charge in [0, 0.05) is 19.5 Å². The predicted octanol–water partition coefficient (Wildman–Crippen LogP) is 3.09. The van der Waals surface area contributed by atoms with E-state index in [4.69, 9.17) is 4.74 Å². The Labute approximate surface area is 169 Å². The maximum absolute atomic E-state index is 12.0. The molecular formula is C23H24N2O4. The van der Waals surface area contributed by atoms with E-state index in [2.05, 4.69) is 5.32 Å². The van der Waals surface area contributed by atoms with Crippen molar-refractivity contribution < 1.29 is 19.1 Å². The van der Waals surface area contributed by atoms with E-state index in [9.17, 15) is 14.4 Å². The summed E-state index contributed by atoms with van der Waals surface area (Å²) in [4.78, 5) is 37.6. The molecule has 2 heterocycles. The highest BCUT2D eigenvalue weighted by atomic mass is 16.5. The third-order valence-corrected chi connectivity index (χ3v) is 5.40. The van der Waals surface area contributed by atoms with Crippen LogP contribution in [0.2, 0.25) is 0 Å². The Morgan fingerprint density at radius 2 is 1.86 bits per heavy atom. The molecule has 0 atom stereocenters. The van der Waals surface area contributed by atoms with E-state index < -0.39 is 0 Å². The second kappa shape index (κ2) is 8.47. The van der Waals surface area contributed by atoms with Gasteiger partial charge >= 0.3 is 0 Å². The van der Waals surface area contributed by atoms with E-state index >= 15 is 0 Å². The standard InChI is InChI=1S/C23H24N2O4/c26-20-11-1-2-12-25(20)15-16-6-3-9-18(14-16)29-13-5-8-17-7-4-10-19-21(17)23(28)24-22(19)27/h3-4,6-7,9-10,14H,1-2,5,8,11-13,15H2,(H,24,27,28). The van der Waals surface area contributed by atoms with Gasteiger partial charge in [0.05, 0.1) is 17.7 Å². The summed E-state index contributed by atoms with van der Waals surface area (Å²) in [5, 5.41) is 2.34. The third kappa shape index (κ3) is 4.31. The molecule has 2 aliphatic rings. The van der Waals surface area contributed by atoms with Gasteiger partial charge in [-0.05, 0) is 55.0 Å². The number of aryl methyl sites for hydroxylation is 1. The van der Waals surface area contributed by atoms with Crippen LogP contribution in [0.1, 0.15) is 57.5 Å². The van der Waals surface area contributed by atoms with Gasteiger partial charge in [-0.1, -0.05) is 24.3 Å². The van der Waals surface area contributed by atoms with Crippen LogP contribution in [0.25, 0.3) is 0 Å². The van der Waals surface area contributed by atoms with Crippen molar-refractivity contribution in [1.29, 1.82) is 0 Å². The molecule has 0 spiro atoms. The molecule has 0 unspecified atom stereocenters. The first-order valence-electron chi connectivity index (χ1n) is 10.1. The Balaban J connectivity index is 1.31. The van der Waals surface area contributed by atoms with Crippen LogP contribution in [-0.2, 0) is 17.8 Å². The van der Waals surface area contributed by atoms with Crippen LogP contribution in [0.3, 0.4) is 0 Å². The van der Waals surface area contributed by atoms with Crippen LogP contribution in [0.5, 0.6) is 5.75 Å². The zero-order valence-corrected chi connectivity index (χ0v) is 16.3. The number of carbonyl (C=O) groups excluding carboxylic acids is 3. The van der Waals surface area contributed by atoms with Crippen molar-refractivity contribution in [3.05, 3.63) is 64.7 Å². The van der Waals surface area contributed by atoms with Gasteiger partial charge in [0.2, 0.25) is 5.91 Å². The van der Waals surface area contributed by atoms with Crippen LogP contribution >= 0.6 is 0 Å². The quantitative estimate of drug-likeness (QED) is 0.580. The summed E-state index contributed by atoms with van der Waals surface area (Å²) in [6, 6.07) is 13.2. The first-order valence-corrected chi connectivity index (χ1v) is 10.1. The van der Waals surface area contributed by atoms with Gasteiger partial charge in [-0.3, -0.25) is 19.7 Å². The molecule has 1 N–H and O–H groups in total. The normalized spacial score (nSPS) is 16.0. The molecule has 6 heteroatoms. The number of fused-ring (bicyclic) bond motifs is 1. The van der Waals surface area contributed by atoms with Crippen LogP contribution in [-0.4, -0.2) is 35.8 Å². The monoisotopic (exact) mass is 392 g/mol. The molecule has 2 aromatic rings. The van der Waals surface area contributed by atoms with E-state index in [0.29, 0.717) is 37.1 Å². The fourth-order valence-corrected chi connectivity index (χ4v) is 3.93. The fourth-order valence-electron chi connectivity index (χ4n) is 3.93. The van der Waals surface area contributed by atoms with Crippen molar-refractivity contribution in [2.45, 2.75) is 38.6 Å². The summed E-state index contributed by atoms with van der Waals surface area (Å²) in [7, 11) is 0. The maximum atomic E-state index is 12.0. The van der Waals surface area contributed by atoms with Crippen molar-refractivity contribution in [2.24, 2.45) is 0 Å². The minimum absolute atomic E-state index is 0.223. The van der Waals surface area contributed by atoms with E-state index in [1.54, 1.807) is 12.1 Å². The molecule has 1 fully saturated rings. The number of imide groups is 1. The topological polar surface area (TPSA) is 75.7 Å². The summed E-state index contributed by atoms with van der Waals surface area (Å²) in [5.74, 6) is 0.354. The lowest BCUT2D eigenvalue weighted by molar-refractivity contribution is -0.133. The van der Waals surface area contributed by atoms with Crippen LogP contribution in [0.15, 0.2) is 42.5 Å². The van der Waals surface area contributed by atoms with Crippen molar-refractivity contribution in [3.8, 4) is 5.75 Å². The van der Waals surface area contributed by atoms with E-state index in [0.717, 1.165) is 42.7 Å². The van der Waals surface area contributed by atoms with Crippen LogP contribution < -0.4 is 10.1 Å². The van der Waals surface area contributed by atoms with Gasteiger partial charge in [-0.2, -0.15) is 0 Å². The summed E-state index contributed by atoms with van der Waals surface area (Å²) in [6.45, 7) is 1.95. The zero-order chi connectivity index (χ0) is 20.2. The number of piperidine rings is 1. The average Bonchev–Trinajstić information content (AvgIpc) is 3.02. The second-order valence-corrected chi connectivity index (χ2v) is 7.49. The minimum Gasteiger partial charge on any atom is -0.494 e. The number of ether oxygens (including phenoxy) is 1. The largest absolute Gasteiger partial charge is 0.494 e. The first-order chi connectivity index (χ1) is 14.1. The zero-order valence-electron chi connectivity index (χ0n) is 16.3. The summed E-state index contributed by atoms with van der Waals surface area (Å²) >= 11 is 0. The molecule has 6 nitrogen and oxygen atoms in total. The smallest absolute Gasteiger partial charge is 0.259 e. The van der Waals surface area contributed by atoms with E-state index in [1.807, 2.05) is 35.2 Å². The lowest BCUT2D eigenvalue weighted by Crippen LogP contribution is -2.34. The maximum Gasteiger partial charge on any atom is 0.259 e. The molecule has 2 aliphatic heterocycles. The number of benzene rings is 2. The highest BCUT2D eigenvalue weighted by Gasteiger charge is 2.28. The number of hydrogen-bond donors (Lipinski definition) is 1. The van der Waals surface area contributed by atoms with Gasteiger partial charge in [0.15, 0.2) is 0 Å². The Hall–Kier alpha value is -3.15. The minimum atomic E-state index is -0.327. The number of nitrogens with one attached hydrogen (secondary N) is 1. The molecule has 29 heavy (non-hydrogen) atoms. The number of rotatable bonds is 7. The Morgan fingerprint density at radius 1 is 1.00 bits per heavy atom. The number of carbonyl (C=O) groups is 3. The molecule has 0 radical (unpaired) electrons. The molecule has 0 aliphatic carbocycles. The summed E-state index contributed by atoms with van der Waals surface area (Å²) in [6.07, 6.45) is 4.08. The Kier molecular flexibility index (Phi) is 5.60. The SMILES string of the molecule is O=C1NC(=O)c2c(CCCOc3cccc(CN4CCCCC4=O)c3)cccc21. The molecule has 0 bridgehead atoms. The molecule has 3 amide bonds. The Morgan fingerprint density at radius 3 is 2.72 bits per heavy atom. The molecule has 4 rings (SSSR count). The number of nitrogens with zero attached hydrogens (tertiary/aromatic N) is 1. The van der Waals surface area contributed by atoms with E-state index in [-0.39, 0.29) is 17.7 Å². The highest BCUT2D eigenvalue weighted by Crippen LogP contribution is 2.22. The first kappa shape index (κ1) is 19.2. The molecule has 0 aromatic heterocycles. The number of likely N-dealkylation sites (tertiary alicyclic amines) is 1. The van der Waals surface area contributed by atoms with Crippen molar-refractivity contribution in [3.63, 3.8) is 0 Å². The number of hydrogen-bond acceptors (Lipinski definition) is 4.